The third-order valence-corrected chi connectivity index (χ3v) is 3.87. The second kappa shape index (κ2) is 5.71. The Labute approximate surface area is 109 Å². The third-order valence-electron chi connectivity index (χ3n) is 3.87. The molecule has 1 amide bonds. The molecule has 0 aromatic heterocycles. The Balaban J connectivity index is 2.75. The van der Waals surface area contributed by atoms with Crippen molar-refractivity contribution >= 4 is 5.91 Å². The molecule has 0 aromatic carbocycles. The Bertz CT molecular complexity index is 333. The lowest BCUT2D eigenvalue weighted by Crippen LogP contribution is -2.49. The van der Waals surface area contributed by atoms with E-state index in [0.717, 1.165) is 12.8 Å². The molecule has 2 N–H and O–H groups in total. The van der Waals surface area contributed by atoms with Crippen molar-refractivity contribution in [2.24, 2.45) is 10.8 Å². The van der Waals surface area contributed by atoms with Crippen LogP contribution in [0.4, 0.5) is 0 Å². The van der Waals surface area contributed by atoms with Gasteiger partial charge in [-0.25, -0.2) is 0 Å². The molecule has 102 valence electrons. The minimum absolute atomic E-state index is 0.0434. The van der Waals surface area contributed by atoms with Crippen LogP contribution in [0.5, 0.6) is 0 Å². The van der Waals surface area contributed by atoms with Gasteiger partial charge in [0.2, 0.25) is 5.91 Å². The SMILES string of the molecule is CC(C)(C)C(CCO)NC(=O)C1(C#N)CCCC1. The van der Waals surface area contributed by atoms with Crippen LogP contribution in [0.2, 0.25) is 0 Å². The average molecular weight is 252 g/mol. The van der Waals surface area contributed by atoms with Crippen molar-refractivity contribution in [3.05, 3.63) is 0 Å². The highest BCUT2D eigenvalue weighted by Crippen LogP contribution is 2.38. The summed E-state index contributed by atoms with van der Waals surface area (Å²) < 4.78 is 0. The van der Waals surface area contributed by atoms with E-state index in [0.29, 0.717) is 19.3 Å². The lowest BCUT2D eigenvalue weighted by atomic mass is 9.82. The number of nitrogens with one attached hydrogen (secondary N) is 1. The van der Waals surface area contributed by atoms with Crippen LogP contribution in [0, 0.1) is 22.2 Å². The van der Waals surface area contributed by atoms with Crippen molar-refractivity contribution in [3.63, 3.8) is 0 Å². The highest BCUT2D eigenvalue weighted by atomic mass is 16.3. The number of hydrogen-bond acceptors (Lipinski definition) is 3. The topological polar surface area (TPSA) is 73.1 Å². The average Bonchev–Trinajstić information content (AvgIpc) is 2.76. The van der Waals surface area contributed by atoms with Crippen LogP contribution >= 0.6 is 0 Å². The fourth-order valence-corrected chi connectivity index (χ4v) is 2.52. The maximum Gasteiger partial charge on any atom is 0.240 e. The van der Waals surface area contributed by atoms with E-state index in [1.165, 1.54) is 0 Å². The van der Waals surface area contributed by atoms with Gasteiger partial charge in [0.15, 0.2) is 0 Å². The Morgan fingerprint density at radius 2 is 2.00 bits per heavy atom. The lowest BCUT2D eigenvalue weighted by molar-refractivity contribution is -0.129. The molecule has 1 unspecified atom stereocenters. The number of carbonyl (C=O) groups is 1. The first kappa shape index (κ1) is 15.0. The van der Waals surface area contributed by atoms with E-state index in [-0.39, 0.29) is 24.0 Å². The molecule has 0 aromatic rings. The summed E-state index contributed by atoms with van der Waals surface area (Å²) in [5, 5.41) is 21.3. The lowest BCUT2D eigenvalue weighted by Gasteiger charge is -2.33. The first-order chi connectivity index (χ1) is 8.35. The quantitative estimate of drug-likeness (QED) is 0.803. The van der Waals surface area contributed by atoms with Gasteiger partial charge in [0, 0.05) is 12.6 Å². The molecule has 0 radical (unpaired) electrons. The molecule has 1 aliphatic carbocycles. The Morgan fingerprint density at radius 1 is 1.44 bits per heavy atom. The van der Waals surface area contributed by atoms with Gasteiger partial charge in [-0.05, 0) is 24.7 Å². The van der Waals surface area contributed by atoms with Crippen molar-refractivity contribution in [1.82, 2.24) is 5.32 Å². The fourth-order valence-electron chi connectivity index (χ4n) is 2.52. The van der Waals surface area contributed by atoms with Gasteiger partial charge in [-0.15, -0.1) is 0 Å². The number of carbonyl (C=O) groups excluding carboxylic acids is 1. The van der Waals surface area contributed by atoms with Gasteiger partial charge in [0.1, 0.15) is 5.41 Å². The Hall–Kier alpha value is -1.08. The Kier molecular flexibility index (Phi) is 4.75. The van der Waals surface area contributed by atoms with Gasteiger partial charge in [-0.3, -0.25) is 4.79 Å². The van der Waals surface area contributed by atoms with Crippen molar-refractivity contribution in [1.29, 1.82) is 5.26 Å². The van der Waals surface area contributed by atoms with Crippen molar-refractivity contribution in [3.8, 4) is 6.07 Å². The molecule has 1 fully saturated rings. The third kappa shape index (κ3) is 3.23. The van der Waals surface area contributed by atoms with Crippen LogP contribution in [-0.2, 0) is 4.79 Å². The highest BCUT2D eigenvalue weighted by Gasteiger charge is 2.43. The number of nitrogens with zero attached hydrogens (tertiary/aromatic N) is 1. The molecule has 0 heterocycles. The van der Waals surface area contributed by atoms with E-state index >= 15 is 0 Å². The van der Waals surface area contributed by atoms with Gasteiger partial charge in [0.25, 0.3) is 0 Å². The van der Waals surface area contributed by atoms with E-state index in [1.807, 2.05) is 20.8 Å². The second-order valence-electron chi connectivity index (χ2n) is 6.31. The summed E-state index contributed by atoms with van der Waals surface area (Å²) in [5.41, 5.74) is -0.952. The standard InChI is InChI=1S/C14H24N2O2/c1-13(2,3)11(6-9-17)16-12(18)14(10-15)7-4-5-8-14/h11,17H,4-9H2,1-3H3,(H,16,18). The molecule has 1 aliphatic rings. The molecule has 0 aliphatic heterocycles. The van der Waals surface area contributed by atoms with E-state index in [1.54, 1.807) is 0 Å². The first-order valence-electron chi connectivity index (χ1n) is 6.69. The molecular formula is C14H24N2O2. The summed E-state index contributed by atoms with van der Waals surface area (Å²) >= 11 is 0. The van der Waals surface area contributed by atoms with E-state index in [9.17, 15) is 10.1 Å². The normalized spacial score (nSPS) is 20.2. The highest BCUT2D eigenvalue weighted by molar-refractivity contribution is 5.86. The van der Waals surface area contributed by atoms with Crippen LogP contribution < -0.4 is 5.32 Å². The van der Waals surface area contributed by atoms with Crippen molar-refractivity contribution < 1.29 is 9.90 Å². The minimum atomic E-state index is -0.834. The summed E-state index contributed by atoms with van der Waals surface area (Å²) in [6, 6.07) is 2.11. The number of amides is 1. The molecule has 0 bridgehead atoms. The number of rotatable bonds is 4. The summed E-state index contributed by atoms with van der Waals surface area (Å²) in [6.07, 6.45) is 3.73. The Morgan fingerprint density at radius 3 is 2.39 bits per heavy atom. The smallest absolute Gasteiger partial charge is 0.240 e. The first-order valence-corrected chi connectivity index (χ1v) is 6.69. The largest absolute Gasteiger partial charge is 0.396 e. The molecule has 4 heteroatoms. The molecule has 0 spiro atoms. The molecule has 1 atom stereocenters. The van der Waals surface area contributed by atoms with Crippen molar-refractivity contribution in [2.45, 2.75) is 58.9 Å². The fraction of sp³-hybridized carbons (Fsp3) is 0.857. The molecular weight excluding hydrogens is 228 g/mol. The van der Waals surface area contributed by atoms with Crippen LogP contribution in [0.1, 0.15) is 52.9 Å². The minimum Gasteiger partial charge on any atom is -0.396 e. The summed E-state index contributed by atoms with van der Waals surface area (Å²) in [5.74, 6) is -0.157. The zero-order chi connectivity index (χ0) is 13.8. The van der Waals surface area contributed by atoms with Gasteiger partial charge in [0.05, 0.1) is 6.07 Å². The molecule has 1 rings (SSSR count). The zero-order valence-corrected chi connectivity index (χ0v) is 11.6. The maximum absolute atomic E-state index is 12.3. The van der Waals surface area contributed by atoms with Gasteiger partial charge >= 0.3 is 0 Å². The summed E-state index contributed by atoms with van der Waals surface area (Å²) in [7, 11) is 0. The number of aliphatic hydroxyl groups excluding tert-OH is 1. The van der Waals surface area contributed by atoms with Crippen LogP contribution in [-0.4, -0.2) is 23.7 Å². The van der Waals surface area contributed by atoms with Crippen LogP contribution in [0.15, 0.2) is 0 Å². The predicted octanol–water partition coefficient (Wildman–Crippen LogP) is 1.98. The second-order valence-corrected chi connectivity index (χ2v) is 6.31. The number of hydrogen-bond donors (Lipinski definition) is 2. The summed E-state index contributed by atoms with van der Waals surface area (Å²) in [4.78, 5) is 12.3. The molecule has 1 saturated carbocycles. The predicted molar refractivity (Wildman–Crippen MR) is 69.6 cm³/mol. The molecule has 0 saturated heterocycles. The van der Waals surface area contributed by atoms with Crippen LogP contribution in [0.3, 0.4) is 0 Å². The number of nitriles is 1. The van der Waals surface area contributed by atoms with E-state index in [2.05, 4.69) is 11.4 Å². The molecule has 4 nitrogen and oxygen atoms in total. The van der Waals surface area contributed by atoms with Gasteiger partial charge in [-0.2, -0.15) is 5.26 Å². The number of aliphatic hydroxyl groups is 1. The van der Waals surface area contributed by atoms with E-state index < -0.39 is 5.41 Å². The maximum atomic E-state index is 12.3. The van der Waals surface area contributed by atoms with E-state index in [4.69, 9.17) is 5.11 Å². The zero-order valence-electron chi connectivity index (χ0n) is 11.6. The molecule has 18 heavy (non-hydrogen) atoms. The van der Waals surface area contributed by atoms with Crippen molar-refractivity contribution in [2.75, 3.05) is 6.61 Å². The summed E-state index contributed by atoms with van der Waals surface area (Å²) in [6.45, 7) is 6.13. The van der Waals surface area contributed by atoms with Crippen LogP contribution in [0.25, 0.3) is 0 Å². The van der Waals surface area contributed by atoms with Gasteiger partial charge < -0.3 is 10.4 Å². The van der Waals surface area contributed by atoms with Gasteiger partial charge in [-0.1, -0.05) is 33.6 Å². The monoisotopic (exact) mass is 252 g/mol.